The molecule has 2 aromatic carbocycles. The van der Waals surface area contributed by atoms with Crippen LogP contribution >= 0.6 is 0 Å². The van der Waals surface area contributed by atoms with Crippen LogP contribution in [0.1, 0.15) is 55.6 Å². The highest BCUT2D eigenvalue weighted by Crippen LogP contribution is 2.60. The van der Waals surface area contributed by atoms with Crippen LogP contribution in [-0.2, 0) is 20.5 Å². The molecule has 2 aromatic rings. The Morgan fingerprint density at radius 1 is 0.923 bits per heavy atom. The Labute approximate surface area is 156 Å². The average Bonchev–Trinajstić information content (AvgIpc) is 2.68. The molecule has 3 aliphatic carbocycles. The van der Waals surface area contributed by atoms with Crippen molar-refractivity contribution in [3.63, 3.8) is 0 Å². The summed E-state index contributed by atoms with van der Waals surface area (Å²) in [5.41, 5.74) is 5.18. The molecule has 1 saturated carbocycles. The molecule has 3 heteroatoms. The third-order valence-electron chi connectivity index (χ3n) is 6.41. The Balaban J connectivity index is 1.81. The maximum absolute atomic E-state index is 6.81. The first-order valence-corrected chi connectivity index (χ1v) is 9.56. The minimum Gasteiger partial charge on any atom is -0.377 e. The van der Waals surface area contributed by atoms with Crippen molar-refractivity contribution in [2.75, 3.05) is 26.1 Å². The van der Waals surface area contributed by atoms with E-state index in [9.17, 15) is 0 Å². The number of benzene rings is 2. The standard InChI is InChI=1S/C23H29NO2/c1-22-13-15-23(16-14-22,20-18(22)11-8-12-19(20)24(2)3)26-21(25-4)17-9-6-5-7-10-17/h5-12,21H,13-16H2,1-4H3. The molecule has 1 fully saturated rings. The number of nitrogens with zero attached hydrogens (tertiary/aromatic N) is 1. The van der Waals surface area contributed by atoms with Crippen LogP contribution in [0, 0.1) is 0 Å². The van der Waals surface area contributed by atoms with E-state index in [1.807, 2.05) is 18.2 Å². The van der Waals surface area contributed by atoms with Crippen LogP contribution < -0.4 is 4.90 Å². The van der Waals surface area contributed by atoms with Gasteiger partial charge in [0.05, 0.1) is 5.60 Å². The van der Waals surface area contributed by atoms with Gasteiger partial charge in [-0.2, -0.15) is 0 Å². The van der Waals surface area contributed by atoms with Gasteiger partial charge in [0, 0.05) is 38.0 Å². The predicted octanol–water partition coefficient (Wildman–Crippen LogP) is 5.16. The average molecular weight is 351 g/mol. The van der Waals surface area contributed by atoms with E-state index < -0.39 is 0 Å². The molecule has 0 aromatic heterocycles. The van der Waals surface area contributed by atoms with Gasteiger partial charge >= 0.3 is 0 Å². The van der Waals surface area contributed by atoms with E-state index >= 15 is 0 Å². The molecule has 26 heavy (non-hydrogen) atoms. The van der Waals surface area contributed by atoms with E-state index in [2.05, 4.69) is 56.3 Å². The monoisotopic (exact) mass is 351 g/mol. The lowest BCUT2D eigenvalue weighted by Gasteiger charge is -2.54. The first-order chi connectivity index (χ1) is 12.5. The van der Waals surface area contributed by atoms with E-state index in [-0.39, 0.29) is 17.3 Å². The topological polar surface area (TPSA) is 21.7 Å². The summed E-state index contributed by atoms with van der Waals surface area (Å²) in [6.07, 6.45) is 4.09. The van der Waals surface area contributed by atoms with Crippen molar-refractivity contribution in [1.82, 2.24) is 0 Å². The van der Waals surface area contributed by atoms with Crippen molar-refractivity contribution in [2.24, 2.45) is 0 Å². The van der Waals surface area contributed by atoms with Gasteiger partial charge < -0.3 is 14.4 Å². The Hall–Kier alpha value is -1.84. The van der Waals surface area contributed by atoms with Crippen molar-refractivity contribution in [1.29, 1.82) is 0 Å². The SMILES string of the molecule is COC(OC12CCC(C)(CC1)c1cccc(N(C)C)c12)c1ccccc1. The van der Waals surface area contributed by atoms with Crippen LogP contribution in [0.2, 0.25) is 0 Å². The minimum atomic E-state index is -0.346. The molecule has 0 N–H and O–H groups in total. The first-order valence-electron chi connectivity index (χ1n) is 9.56. The molecule has 0 heterocycles. The van der Waals surface area contributed by atoms with E-state index in [1.165, 1.54) is 29.7 Å². The van der Waals surface area contributed by atoms with Crippen LogP contribution in [0.15, 0.2) is 48.5 Å². The summed E-state index contributed by atoms with van der Waals surface area (Å²) in [6.45, 7) is 2.42. The van der Waals surface area contributed by atoms with E-state index in [1.54, 1.807) is 7.11 Å². The van der Waals surface area contributed by atoms with Gasteiger partial charge in [-0.15, -0.1) is 0 Å². The number of hydrogen-bond acceptors (Lipinski definition) is 3. The summed E-state index contributed by atoms with van der Waals surface area (Å²) in [5.74, 6) is 0. The molecule has 3 nitrogen and oxygen atoms in total. The first kappa shape index (κ1) is 17.6. The second-order valence-corrected chi connectivity index (χ2v) is 8.25. The minimum absolute atomic E-state index is 0.266. The summed E-state index contributed by atoms with van der Waals surface area (Å²) < 4.78 is 12.6. The van der Waals surface area contributed by atoms with Crippen LogP contribution in [-0.4, -0.2) is 21.2 Å². The Bertz CT molecular complexity index is 776. The van der Waals surface area contributed by atoms with Crippen molar-refractivity contribution in [3.05, 3.63) is 65.2 Å². The molecule has 1 atom stereocenters. The van der Waals surface area contributed by atoms with E-state index in [0.717, 1.165) is 18.4 Å². The quantitative estimate of drug-likeness (QED) is 0.695. The molecule has 5 rings (SSSR count). The van der Waals surface area contributed by atoms with Crippen molar-refractivity contribution in [2.45, 2.75) is 49.9 Å². The third-order valence-corrected chi connectivity index (χ3v) is 6.41. The van der Waals surface area contributed by atoms with E-state index in [4.69, 9.17) is 9.47 Å². The Morgan fingerprint density at radius 3 is 2.23 bits per heavy atom. The number of rotatable bonds is 5. The number of fused-ring (bicyclic) bond motifs is 2. The Kier molecular flexibility index (Phi) is 4.32. The van der Waals surface area contributed by atoms with Gasteiger partial charge in [-0.3, -0.25) is 0 Å². The van der Waals surface area contributed by atoms with Crippen molar-refractivity contribution < 1.29 is 9.47 Å². The zero-order valence-electron chi connectivity index (χ0n) is 16.3. The lowest BCUT2D eigenvalue weighted by atomic mass is 9.56. The molecule has 0 radical (unpaired) electrons. The zero-order chi connectivity index (χ0) is 18.4. The molecular weight excluding hydrogens is 322 g/mol. The molecular formula is C23H29NO2. The summed E-state index contributed by atoms with van der Waals surface area (Å²) >= 11 is 0. The van der Waals surface area contributed by atoms with Gasteiger partial charge in [-0.05, 0) is 42.7 Å². The number of anilines is 1. The third kappa shape index (κ3) is 2.65. The van der Waals surface area contributed by atoms with Crippen LogP contribution in [0.5, 0.6) is 0 Å². The molecule has 1 unspecified atom stereocenters. The zero-order valence-corrected chi connectivity index (χ0v) is 16.3. The fourth-order valence-electron chi connectivity index (χ4n) is 4.86. The highest BCUT2D eigenvalue weighted by Gasteiger charge is 2.53. The van der Waals surface area contributed by atoms with Gasteiger partial charge in [0.2, 0.25) is 0 Å². The number of methoxy groups -OCH3 is 1. The van der Waals surface area contributed by atoms with Gasteiger partial charge in [0.1, 0.15) is 0 Å². The largest absolute Gasteiger partial charge is 0.377 e. The molecule has 0 amide bonds. The van der Waals surface area contributed by atoms with Gasteiger partial charge in [0.25, 0.3) is 0 Å². The number of hydrogen-bond donors (Lipinski definition) is 0. The van der Waals surface area contributed by atoms with E-state index in [0.29, 0.717) is 0 Å². The van der Waals surface area contributed by atoms with Crippen LogP contribution in [0.3, 0.4) is 0 Å². The van der Waals surface area contributed by atoms with Crippen LogP contribution in [0.4, 0.5) is 5.69 Å². The second-order valence-electron chi connectivity index (χ2n) is 8.25. The highest BCUT2D eigenvalue weighted by atomic mass is 16.7. The molecule has 2 bridgehead atoms. The maximum atomic E-state index is 6.81. The van der Waals surface area contributed by atoms with Crippen molar-refractivity contribution >= 4 is 5.69 Å². The second kappa shape index (κ2) is 6.40. The maximum Gasteiger partial charge on any atom is 0.184 e. The lowest BCUT2D eigenvalue weighted by Crippen LogP contribution is -2.48. The van der Waals surface area contributed by atoms with Gasteiger partial charge in [0.15, 0.2) is 6.29 Å². The van der Waals surface area contributed by atoms with Gasteiger partial charge in [-0.1, -0.05) is 49.4 Å². The molecule has 0 saturated heterocycles. The highest BCUT2D eigenvalue weighted by molar-refractivity contribution is 5.62. The van der Waals surface area contributed by atoms with Gasteiger partial charge in [-0.25, -0.2) is 0 Å². The molecule has 0 spiro atoms. The normalized spacial score (nSPS) is 27.8. The Morgan fingerprint density at radius 2 is 1.62 bits per heavy atom. The summed E-state index contributed by atoms with van der Waals surface area (Å²) in [7, 11) is 5.99. The van der Waals surface area contributed by atoms with Crippen LogP contribution in [0.25, 0.3) is 0 Å². The van der Waals surface area contributed by atoms with Crippen molar-refractivity contribution in [3.8, 4) is 0 Å². The fourth-order valence-corrected chi connectivity index (χ4v) is 4.86. The lowest BCUT2D eigenvalue weighted by molar-refractivity contribution is -0.228. The molecule has 3 aliphatic rings. The summed E-state index contributed by atoms with van der Waals surface area (Å²) in [4.78, 5) is 2.22. The molecule has 138 valence electrons. The summed E-state index contributed by atoms with van der Waals surface area (Å²) in [6, 6.07) is 17.0. The predicted molar refractivity (Wildman–Crippen MR) is 106 cm³/mol. The smallest absolute Gasteiger partial charge is 0.184 e. The fraction of sp³-hybridized carbons (Fsp3) is 0.478. The summed E-state index contributed by atoms with van der Waals surface area (Å²) in [5, 5.41) is 0. The number of ether oxygens (including phenoxy) is 2. The molecule has 0 aliphatic heterocycles.